The lowest BCUT2D eigenvalue weighted by Gasteiger charge is -2.45. The maximum atomic E-state index is 12.3. The molecule has 1 amide bonds. The van der Waals surface area contributed by atoms with Gasteiger partial charge < -0.3 is 15.7 Å². The quantitative estimate of drug-likeness (QED) is 0.363. The van der Waals surface area contributed by atoms with Crippen molar-refractivity contribution in [2.45, 2.75) is 70.9 Å². The maximum Gasteiger partial charge on any atom is 0.410 e. The molecule has 0 unspecified atom stereocenters. The molecular weight excluding hydrogens is 270 g/mol. The monoisotopic (exact) mass is 299 g/mol. The molecule has 0 aromatic heterocycles. The van der Waals surface area contributed by atoms with Gasteiger partial charge in [0, 0.05) is 7.05 Å². The van der Waals surface area contributed by atoms with Crippen LogP contribution in [0.4, 0.5) is 4.79 Å². The van der Waals surface area contributed by atoms with Gasteiger partial charge in [0.25, 0.3) is 0 Å². The Balaban J connectivity index is 2.96. The van der Waals surface area contributed by atoms with Crippen LogP contribution in [0.2, 0.25) is 0 Å². The number of hydrogen-bond donors (Lipinski definition) is 2. The lowest BCUT2D eigenvalue weighted by molar-refractivity contribution is 0.00717. The number of ether oxygens (including phenoxy) is 1. The number of nitrogens with zero attached hydrogens (tertiary/aromatic N) is 2. The van der Waals surface area contributed by atoms with Crippen molar-refractivity contribution < 1.29 is 14.7 Å². The van der Waals surface area contributed by atoms with Crippen LogP contribution in [0, 0.1) is 5.92 Å². The number of rotatable bonds is 3. The van der Waals surface area contributed by atoms with Crippen molar-refractivity contribution in [3.8, 4) is 0 Å². The zero-order chi connectivity index (χ0) is 16.3. The molecule has 0 bridgehead atoms. The Morgan fingerprint density at radius 1 is 1.43 bits per heavy atom. The lowest BCUT2D eigenvalue weighted by Crippen LogP contribution is -2.60. The van der Waals surface area contributed by atoms with Gasteiger partial charge in [0.2, 0.25) is 0 Å². The van der Waals surface area contributed by atoms with Gasteiger partial charge in [-0.25, -0.2) is 4.79 Å². The van der Waals surface area contributed by atoms with E-state index in [4.69, 9.17) is 15.7 Å². The predicted molar refractivity (Wildman–Crippen MR) is 82.4 cm³/mol. The van der Waals surface area contributed by atoms with Gasteiger partial charge >= 0.3 is 6.09 Å². The zero-order valence-corrected chi connectivity index (χ0v) is 13.8. The van der Waals surface area contributed by atoms with Gasteiger partial charge in [-0.15, -0.1) is 0 Å². The van der Waals surface area contributed by atoms with E-state index in [1.54, 1.807) is 7.05 Å². The van der Waals surface area contributed by atoms with Gasteiger partial charge in [-0.1, -0.05) is 18.5 Å². The highest BCUT2D eigenvalue weighted by Crippen LogP contribution is 2.38. The van der Waals surface area contributed by atoms with Crippen LogP contribution in [-0.2, 0) is 4.74 Å². The van der Waals surface area contributed by atoms with E-state index >= 15 is 0 Å². The highest BCUT2D eigenvalue weighted by molar-refractivity contribution is 5.92. The van der Waals surface area contributed by atoms with Crippen LogP contribution in [0.25, 0.3) is 0 Å². The number of amides is 1. The van der Waals surface area contributed by atoms with Crippen molar-refractivity contribution in [1.82, 2.24) is 4.90 Å². The highest BCUT2D eigenvalue weighted by atomic mass is 16.6. The van der Waals surface area contributed by atoms with Crippen LogP contribution in [0.3, 0.4) is 0 Å². The van der Waals surface area contributed by atoms with Gasteiger partial charge in [0.05, 0.1) is 0 Å². The molecular formula is C15H29N3O3. The molecule has 1 rings (SSSR count). The number of nitrogens with two attached hydrogens (primary N) is 1. The van der Waals surface area contributed by atoms with Crippen molar-refractivity contribution in [3.05, 3.63) is 0 Å². The number of amidine groups is 1. The molecule has 0 aromatic rings. The molecule has 1 saturated carbocycles. The first-order valence-electron chi connectivity index (χ1n) is 7.61. The van der Waals surface area contributed by atoms with Crippen LogP contribution >= 0.6 is 0 Å². The van der Waals surface area contributed by atoms with Gasteiger partial charge in [-0.2, -0.15) is 0 Å². The molecule has 1 aliphatic rings. The molecule has 1 aliphatic carbocycles. The lowest BCUT2D eigenvalue weighted by atomic mass is 9.74. The second kappa shape index (κ2) is 6.54. The molecule has 0 saturated heterocycles. The van der Waals surface area contributed by atoms with Crippen molar-refractivity contribution in [1.29, 1.82) is 0 Å². The van der Waals surface area contributed by atoms with E-state index < -0.39 is 17.2 Å². The molecule has 21 heavy (non-hydrogen) atoms. The summed E-state index contributed by atoms with van der Waals surface area (Å²) in [6.07, 6.45) is 3.97. The number of carbonyl (C=O) groups excluding carboxylic acids is 1. The van der Waals surface area contributed by atoms with E-state index in [2.05, 4.69) is 12.1 Å². The number of hydrogen-bond acceptors (Lipinski definition) is 4. The summed E-state index contributed by atoms with van der Waals surface area (Å²) < 4.78 is 5.42. The second-order valence-electron chi connectivity index (χ2n) is 6.91. The first-order valence-corrected chi connectivity index (χ1v) is 7.61. The molecule has 6 heteroatoms. The molecule has 3 N–H and O–H groups in total. The number of likely N-dealkylation sites (N-methyl/N-ethyl adjacent to an activating group) is 1. The van der Waals surface area contributed by atoms with Crippen LogP contribution < -0.4 is 5.73 Å². The normalized spacial score (nSPS) is 27.3. The molecule has 6 nitrogen and oxygen atoms in total. The van der Waals surface area contributed by atoms with Gasteiger partial charge in [-0.05, 0) is 52.4 Å². The third-order valence-corrected chi connectivity index (χ3v) is 4.40. The Kier molecular flexibility index (Phi) is 5.48. The maximum absolute atomic E-state index is 12.3. The van der Waals surface area contributed by atoms with E-state index in [9.17, 15) is 4.79 Å². The SMILES string of the molecule is CC[C@H]1CC[C@](/C(N)=N/O)(N(C)C(=O)OC(C)(C)C)CC1. The zero-order valence-electron chi connectivity index (χ0n) is 13.8. The summed E-state index contributed by atoms with van der Waals surface area (Å²) in [7, 11) is 1.67. The fourth-order valence-electron chi connectivity index (χ4n) is 2.92. The van der Waals surface area contributed by atoms with E-state index in [1.165, 1.54) is 4.90 Å². The van der Waals surface area contributed by atoms with E-state index in [0.717, 1.165) is 19.3 Å². The third kappa shape index (κ3) is 4.02. The summed E-state index contributed by atoms with van der Waals surface area (Å²) in [6.45, 7) is 7.63. The van der Waals surface area contributed by atoms with Crippen LogP contribution in [0.15, 0.2) is 5.16 Å². The summed E-state index contributed by atoms with van der Waals surface area (Å²) in [6, 6.07) is 0. The number of oxime groups is 1. The van der Waals surface area contributed by atoms with Crippen molar-refractivity contribution in [3.63, 3.8) is 0 Å². The molecule has 1 fully saturated rings. The highest BCUT2D eigenvalue weighted by Gasteiger charge is 2.45. The van der Waals surface area contributed by atoms with Crippen LogP contribution in [0.1, 0.15) is 59.8 Å². The second-order valence-corrected chi connectivity index (χ2v) is 6.91. The van der Waals surface area contributed by atoms with Crippen molar-refractivity contribution in [2.75, 3.05) is 7.05 Å². The molecule has 0 spiro atoms. The summed E-state index contributed by atoms with van der Waals surface area (Å²) >= 11 is 0. The first-order chi connectivity index (χ1) is 9.66. The van der Waals surface area contributed by atoms with E-state index in [-0.39, 0.29) is 5.84 Å². The van der Waals surface area contributed by atoms with Gasteiger partial charge in [0.15, 0.2) is 5.84 Å². The summed E-state index contributed by atoms with van der Waals surface area (Å²) in [4.78, 5) is 13.8. The van der Waals surface area contributed by atoms with Crippen LogP contribution in [0.5, 0.6) is 0 Å². The Bertz CT molecular complexity index is 393. The fraction of sp³-hybridized carbons (Fsp3) is 0.867. The predicted octanol–water partition coefficient (Wildman–Crippen LogP) is 2.94. The largest absolute Gasteiger partial charge is 0.444 e. The number of carbonyl (C=O) groups is 1. The fourth-order valence-corrected chi connectivity index (χ4v) is 2.92. The first kappa shape index (κ1) is 17.6. The Labute approximate surface area is 127 Å². The third-order valence-electron chi connectivity index (χ3n) is 4.40. The van der Waals surface area contributed by atoms with Crippen LogP contribution in [-0.4, -0.2) is 40.2 Å². The molecule has 122 valence electrons. The smallest absolute Gasteiger partial charge is 0.410 e. The minimum absolute atomic E-state index is 0.0883. The van der Waals surface area contributed by atoms with Crippen molar-refractivity contribution >= 4 is 11.9 Å². The van der Waals surface area contributed by atoms with E-state index in [0.29, 0.717) is 18.8 Å². The average Bonchev–Trinajstić information content (AvgIpc) is 2.43. The summed E-state index contributed by atoms with van der Waals surface area (Å²) in [5, 5.41) is 12.3. The van der Waals surface area contributed by atoms with Gasteiger partial charge in [-0.3, -0.25) is 4.90 Å². The standard InChI is InChI=1S/C15H29N3O3/c1-6-11-7-9-15(10-8-11,12(16)17-20)18(5)13(19)21-14(2,3)4/h11,20H,6-10H2,1-5H3,(H2,16,17)/t11-,15-. The Hall–Kier alpha value is -1.46. The Morgan fingerprint density at radius 3 is 2.33 bits per heavy atom. The topological polar surface area (TPSA) is 88.2 Å². The molecule has 0 aromatic carbocycles. The molecule has 0 radical (unpaired) electrons. The Morgan fingerprint density at radius 2 is 1.95 bits per heavy atom. The molecule has 0 atom stereocenters. The summed E-state index contributed by atoms with van der Waals surface area (Å²) in [5.74, 6) is 0.724. The minimum atomic E-state index is -0.747. The van der Waals surface area contributed by atoms with Crippen molar-refractivity contribution in [2.24, 2.45) is 16.8 Å². The minimum Gasteiger partial charge on any atom is -0.444 e. The summed E-state index contributed by atoms with van der Waals surface area (Å²) in [5.41, 5.74) is 4.60. The average molecular weight is 299 g/mol. The molecule has 0 aliphatic heterocycles. The van der Waals surface area contributed by atoms with Gasteiger partial charge in [0.1, 0.15) is 11.1 Å². The van der Waals surface area contributed by atoms with E-state index in [1.807, 2.05) is 20.8 Å². The molecule has 0 heterocycles.